The highest BCUT2D eigenvalue weighted by Crippen LogP contribution is 2.40. The lowest BCUT2D eigenvalue weighted by Crippen LogP contribution is -2.48. The van der Waals surface area contributed by atoms with Crippen LogP contribution in [-0.2, 0) is 11.2 Å². The number of aromatic hydroxyl groups is 1. The Bertz CT molecular complexity index is 694. The van der Waals surface area contributed by atoms with Gasteiger partial charge in [-0.2, -0.15) is 0 Å². The van der Waals surface area contributed by atoms with Crippen LogP contribution < -0.4 is 5.73 Å². The molecule has 3 heterocycles. The molecule has 6 heteroatoms. The Morgan fingerprint density at radius 2 is 1.85 bits per heavy atom. The van der Waals surface area contributed by atoms with Gasteiger partial charge in [0.1, 0.15) is 5.75 Å². The maximum atomic E-state index is 12.6. The molecule has 4 rings (SSSR count). The molecular formula is C21H31N3O3. The summed E-state index contributed by atoms with van der Waals surface area (Å²) in [6.45, 7) is 5.73. The molecule has 1 aromatic carbocycles. The molecule has 3 aliphatic heterocycles. The zero-order valence-electron chi connectivity index (χ0n) is 16.2. The van der Waals surface area contributed by atoms with Gasteiger partial charge in [-0.15, -0.1) is 0 Å². The number of carbonyl (C=O) groups is 1. The maximum absolute atomic E-state index is 12.6. The highest BCUT2D eigenvalue weighted by atomic mass is 16.5. The molecule has 0 radical (unpaired) electrons. The Labute approximate surface area is 161 Å². The molecule has 0 aliphatic carbocycles. The van der Waals surface area contributed by atoms with Gasteiger partial charge in [-0.3, -0.25) is 0 Å². The first-order chi connectivity index (χ1) is 13.1. The first-order valence-corrected chi connectivity index (χ1v) is 10.3. The SMILES string of the molecule is Cc1ccc2c(c1O)CC(C1CCN(C(=O)N3CCCC3)CC1)OC2CN. The standard InChI is InChI=1S/C21H31N3O3/c1-14-4-5-16-17(20(14)25)12-18(27-19(16)13-22)15-6-10-24(11-7-15)21(26)23-8-2-3-9-23/h4-5,15,18-19,25H,2-3,6-13,22H2,1H3. The van der Waals surface area contributed by atoms with E-state index in [1.54, 1.807) is 0 Å². The van der Waals surface area contributed by atoms with E-state index in [1.807, 2.05) is 28.9 Å². The molecular weight excluding hydrogens is 342 g/mol. The molecule has 2 unspecified atom stereocenters. The third-order valence-corrected chi connectivity index (χ3v) is 6.54. The van der Waals surface area contributed by atoms with Crippen molar-refractivity contribution in [3.63, 3.8) is 0 Å². The van der Waals surface area contributed by atoms with Gasteiger partial charge in [-0.25, -0.2) is 4.79 Å². The molecule has 2 atom stereocenters. The van der Waals surface area contributed by atoms with E-state index in [9.17, 15) is 9.90 Å². The Kier molecular flexibility index (Phi) is 5.28. The van der Waals surface area contributed by atoms with Crippen LogP contribution in [0.25, 0.3) is 0 Å². The summed E-state index contributed by atoms with van der Waals surface area (Å²) < 4.78 is 6.34. The van der Waals surface area contributed by atoms with Crippen LogP contribution in [0.15, 0.2) is 12.1 Å². The van der Waals surface area contributed by atoms with Crippen LogP contribution in [0, 0.1) is 12.8 Å². The molecule has 148 valence electrons. The van der Waals surface area contributed by atoms with Crippen molar-refractivity contribution in [1.29, 1.82) is 0 Å². The summed E-state index contributed by atoms with van der Waals surface area (Å²) in [5.41, 5.74) is 8.89. The molecule has 3 aliphatic rings. The van der Waals surface area contributed by atoms with Crippen molar-refractivity contribution in [2.75, 3.05) is 32.7 Å². The Hall–Kier alpha value is -1.79. The van der Waals surface area contributed by atoms with E-state index in [4.69, 9.17) is 10.5 Å². The third kappa shape index (κ3) is 3.52. The van der Waals surface area contributed by atoms with Gasteiger partial charge in [0.05, 0.1) is 12.2 Å². The minimum atomic E-state index is -0.158. The molecule has 2 amide bonds. The van der Waals surface area contributed by atoms with E-state index < -0.39 is 0 Å². The number of aryl methyl sites for hydroxylation is 1. The lowest BCUT2D eigenvalue weighted by Gasteiger charge is -2.41. The number of rotatable bonds is 2. The van der Waals surface area contributed by atoms with Gasteiger partial charge >= 0.3 is 6.03 Å². The van der Waals surface area contributed by atoms with Crippen LogP contribution in [0.2, 0.25) is 0 Å². The van der Waals surface area contributed by atoms with Gasteiger partial charge in [0.25, 0.3) is 0 Å². The second-order valence-corrected chi connectivity index (χ2v) is 8.20. The van der Waals surface area contributed by atoms with Crippen LogP contribution >= 0.6 is 0 Å². The van der Waals surface area contributed by atoms with Crippen LogP contribution in [-0.4, -0.2) is 59.8 Å². The van der Waals surface area contributed by atoms with Crippen molar-refractivity contribution in [1.82, 2.24) is 9.80 Å². The van der Waals surface area contributed by atoms with E-state index in [2.05, 4.69) is 0 Å². The quantitative estimate of drug-likeness (QED) is 0.835. The number of benzene rings is 1. The second-order valence-electron chi connectivity index (χ2n) is 8.20. The fourth-order valence-electron chi connectivity index (χ4n) is 4.85. The zero-order valence-corrected chi connectivity index (χ0v) is 16.2. The number of phenolic OH excluding ortho intramolecular Hbond substituents is 1. The fraction of sp³-hybridized carbons (Fsp3) is 0.667. The van der Waals surface area contributed by atoms with E-state index in [1.165, 1.54) is 0 Å². The second kappa shape index (κ2) is 7.68. The lowest BCUT2D eigenvalue weighted by molar-refractivity contribution is -0.0630. The molecule has 0 bridgehead atoms. The number of urea groups is 1. The molecule has 0 aromatic heterocycles. The van der Waals surface area contributed by atoms with E-state index in [-0.39, 0.29) is 18.2 Å². The predicted molar refractivity (Wildman–Crippen MR) is 104 cm³/mol. The largest absolute Gasteiger partial charge is 0.507 e. The lowest BCUT2D eigenvalue weighted by atomic mass is 9.83. The molecule has 3 N–H and O–H groups in total. The van der Waals surface area contributed by atoms with Crippen molar-refractivity contribution < 1.29 is 14.6 Å². The number of hydrogen-bond acceptors (Lipinski definition) is 4. The van der Waals surface area contributed by atoms with E-state index >= 15 is 0 Å². The molecule has 27 heavy (non-hydrogen) atoms. The van der Waals surface area contributed by atoms with Crippen LogP contribution in [0.1, 0.15) is 48.5 Å². The summed E-state index contributed by atoms with van der Waals surface area (Å²) >= 11 is 0. The van der Waals surface area contributed by atoms with Crippen LogP contribution in [0.5, 0.6) is 5.75 Å². The van der Waals surface area contributed by atoms with Gasteiger partial charge in [0.15, 0.2) is 0 Å². The average Bonchev–Trinajstić information content (AvgIpc) is 3.24. The average molecular weight is 373 g/mol. The Morgan fingerprint density at radius 1 is 1.19 bits per heavy atom. The normalized spacial score (nSPS) is 26.3. The van der Waals surface area contributed by atoms with Crippen LogP contribution in [0.4, 0.5) is 4.79 Å². The summed E-state index contributed by atoms with van der Waals surface area (Å²) in [5.74, 6) is 0.788. The van der Waals surface area contributed by atoms with Gasteiger partial charge in [0, 0.05) is 44.7 Å². The maximum Gasteiger partial charge on any atom is 0.319 e. The third-order valence-electron chi connectivity index (χ3n) is 6.54. The number of likely N-dealkylation sites (tertiary alicyclic amines) is 2. The monoisotopic (exact) mass is 373 g/mol. The number of piperidine rings is 1. The Balaban J connectivity index is 1.42. The first kappa shape index (κ1) is 18.6. The smallest absolute Gasteiger partial charge is 0.319 e. The van der Waals surface area contributed by atoms with Crippen molar-refractivity contribution in [3.8, 4) is 5.75 Å². The van der Waals surface area contributed by atoms with Crippen molar-refractivity contribution in [3.05, 3.63) is 28.8 Å². The van der Waals surface area contributed by atoms with E-state index in [0.29, 0.717) is 18.2 Å². The van der Waals surface area contributed by atoms with Gasteiger partial charge in [-0.1, -0.05) is 12.1 Å². The minimum absolute atomic E-state index is 0.0581. The topological polar surface area (TPSA) is 79.0 Å². The van der Waals surface area contributed by atoms with Crippen molar-refractivity contribution in [2.45, 2.75) is 51.2 Å². The summed E-state index contributed by atoms with van der Waals surface area (Å²) in [7, 11) is 0. The minimum Gasteiger partial charge on any atom is -0.507 e. The highest BCUT2D eigenvalue weighted by molar-refractivity contribution is 5.74. The van der Waals surface area contributed by atoms with E-state index in [0.717, 1.165) is 75.0 Å². The number of amides is 2. The van der Waals surface area contributed by atoms with Crippen LogP contribution in [0.3, 0.4) is 0 Å². The molecule has 2 fully saturated rings. The molecule has 6 nitrogen and oxygen atoms in total. The predicted octanol–water partition coefficient (Wildman–Crippen LogP) is 2.57. The molecule has 2 saturated heterocycles. The van der Waals surface area contributed by atoms with Gasteiger partial charge in [-0.05, 0) is 49.7 Å². The molecule has 1 aromatic rings. The highest BCUT2D eigenvalue weighted by Gasteiger charge is 2.36. The van der Waals surface area contributed by atoms with Crippen molar-refractivity contribution in [2.24, 2.45) is 11.7 Å². The molecule has 0 spiro atoms. The number of nitrogens with zero attached hydrogens (tertiary/aromatic N) is 2. The number of carbonyl (C=O) groups excluding carboxylic acids is 1. The fourth-order valence-corrected chi connectivity index (χ4v) is 4.85. The summed E-state index contributed by atoms with van der Waals surface area (Å²) in [5, 5.41) is 10.6. The number of fused-ring (bicyclic) bond motifs is 1. The first-order valence-electron chi connectivity index (χ1n) is 10.3. The molecule has 0 saturated carbocycles. The van der Waals surface area contributed by atoms with Gasteiger partial charge < -0.3 is 25.4 Å². The number of phenols is 1. The summed E-state index contributed by atoms with van der Waals surface area (Å²) in [6, 6.07) is 4.17. The number of nitrogens with two attached hydrogens (primary N) is 1. The number of ether oxygens (including phenoxy) is 1. The number of hydrogen-bond donors (Lipinski definition) is 2. The summed E-state index contributed by atoms with van der Waals surface area (Å²) in [4.78, 5) is 16.6. The Morgan fingerprint density at radius 3 is 2.52 bits per heavy atom. The summed E-state index contributed by atoms with van der Waals surface area (Å²) in [6.07, 6.45) is 4.77. The van der Waals surface area contributed by atoms with Crippen molar-refractivity contribution >= 4 is 6.03 Å². The zero-order chi connectivity index (χ0) is 19.0. The van der Waals surface area contributed by atoms with Gasteiger partial charge in [0.2, 0.25) is 0 Å².